The summed E-state index contributed by atoms with van der Waals surface area (Å²) in [6.07, 6.45) is 1.21. The second kappa shape index (κ2) is 11.0. The number of benzene rings is 1. The summed E-state index contributed by atoms with van der Waals surface area (Å²) in [6, 6.07) is 7.95. The Kier molecular flexibility index (Phi) is 8.76. The molecule has 1 aromatic rings. The van der Waals surface area contributed by atoms with Crippen LogP contribution in [0.4, 0.5) is 13.2 Å². The van der Waals surface area contributed by atoms with Crippen LogP contribution in [0.2, 0.25) is 0 Å². The zero-order valence-electron chi connectivity index (χ0n) is 15.7. The molecule has 28 heavy (non-hydrogen) atoms. The molecule has 1 aliphatic rings. The molecule has 1 aliphatic carbocycles. The Morgan fingerprint density at radius 3 is 2.61 bits per heavy atom. The minimum atomic E-state index is -5.15. The Hall–Kier alpha value is -2.09. The fourth-order valence-electron chi connectivity index (χ4n) is 3.13. The second-order valence-corrected chi connectivity index (χ2v) is 6.97. The van der Waals surface area contributed by atoms with Crippen molar-refractivity contribution >= 4 is 11.9 Å². The van der Waals surface area contributed by atoms with E-state index in [1.54, 1.807) is 0 Å². The third-order valence-corrected chi connectivity index (χ3v) is 4.62. The minimum Gasteiger partial charge on any atom is -0.493 e. The fraction of sp³-hybridized carbons (Fsp3) is 0.600. The van der Waals surface area contributed by atoms with Gasteiger partial charge in [-0.05, 0) is 55.8 Å². The Labute approximate surface area is 162 Å². The topological polar surface area (TPSA) is 64.6 Å². The number of hydrogen-bond donors (Lipinski definition) is 1. The normalized spacial score (nSPS) is 14.8. The lowest BCUT2D eigenvalue weighted by molar-refractivity contribution is -0.201. The fourth-order valence-corrected chi connectivity index (χ4v) is 3.13. The number of carbonyl (C=O) groups is 2. The number of esters is 2. The molecule has 1 N–H and O–H groups in total. The lowest BCUT2D eigenvalue weighted by Gasteiger charge is -2.12. The molecule has 5 nitrogen and oxygen atoms in total. The van der Waals surface area contributed by atoms with Crippen LogP contribution in [0.25, 0.3) is 0 Å². The van der Waals surface area contributed by atoms with E-state index in [0.29, 0.717) is 12.5 Å². The lowest BCUT2D eigenvalue weighted by atomic mass is 10.1. The number of aryl methyl sites for hydroxylation is 1. The van der Waals surface area contributed by atoms with Crippen LogP contribution in [-0.2, 0) is 20.7 Å². The SMILES string of the molecule is O=C(CCNCCCc1cccc(OCC2CCCC2)c1)OC(=O)C(F)(F)F. The summed E-state index contributed by atoms with van der Waals surface area (Å²) >= 11 is 0. The molecule has 0 saturated heterocycles. The lowest BCUT2D eigenvalue weighted by Crippen LogP contribution is -2.29. The number of halogens is 3. The average molecular weight is 401 g/mol. The number of nitrogens with one attached hydrogen (secondary N) is 1. The van der Waals surface area contributed by atoms with Crippen LogP contribution in [0.1, 0.15) is 44.1 Å². The minimum absolute atomic E-state index is 0.147. The molecule has 156 valence electrons. The molecule has 0 amide bonds. The zero-order chi connectivity index (χ0) is 20.4. The second-order valence-electron chi connectivity index (χ2n) is 6.97. The zero-order valence-corrected chi connectivity index (χ0v) is 15.7. The third-order valence-electron chi connectivity index (χ3n) is 4.62. The molecule has 0 unspecified atom stereocenters. The van der Waals surface area contributed by atoms with Crippen LogP contribution in [0.15, 0.2) is 24.3 Å². The highest BCUT2D eigenvalue weighted by Crippen LogP contribution is 2.26. The first-order chi connectivity index (χ1) is 13.3. The van der Waals surface area contributed by atoms with Crippen molar-refractivity contribution in [3.63, 3.8) is 0 Å². The molecule has 0 radical (unpaired) electrons. The van der Waals surface area contributed by atoms with Gasteiger partial charge in [-0.1, -0.05) is 25.0 Å². The van der Waals surface area contributed by atoms with E-state index in [0.717, 1.165) is 30.8 Å². The summed E-state index contributed by atoms with van der Waals surface area (Å²) in [5.74, 6) is -2.14. The van der Waals surface area contributed by atoms with Gasteiger partial charge in [0.2, 0.25) is 0 Å². The van der Waals surface area contributed by atoms with Crippen LogP contribution >= 0.6 is 0 Å². The van der Waals surface area contributed by atoms with E-state index in [1.807, 2.05) is 24.3 Å². The van der Waals surface area contributed by atoms with E-state index in [2.05, 4.69) is 10.1 Å². The van der Waals surface area contributed by atoms with E-state index < -0.39 is 18.1 Å². The molecule has 0 spiro atoms. The first kappa shape index (κ1) is 22.2. The van der Waals surface area contributed by atoms with Crippen LogP contribution in [0.3, 0.4) is 0 Å². The summed E-state index contributed by atoms with van der Waals surface area (Å²) in [7, 11) is 0. The summed E-state index contributed by atoms with van der Waals surface area (Å²) in [5, 5.41) is 2.95. The highest BCUT2D eigenvalue weighted by molar-refractivity contribution is 5.88. The van der Waals surface area contributed by atoms with Crippen LogP contribution in [0, 0.1) is 5.92 Å². The Morgan fingerprint density at radius 1 is 1.14 bits per heavy atom. The maximum Gasteiger partial charge on any atom is 0.491 e. The molecule has 8 heteroatoms. The molecule has 2 rings (SSSR count). The maximum atomic E-state index is 12.0. The monoisotopic (exact) mass is 401 g/mol. The summed E-state index contributed by atoms with van der Waals surface area (Å²) in [6.45, 7) is 1.50. The van der Waals surface area contributed by atoms with Crippen molar-refractivity contribution in [1.29, 1.82) is 0 Å². The van der Waals surface area contributed by atoms with Gasteiger partial charge in [-0.3, -0.25) is 4.79 Å². The van der Waals surface area contributed by atoms with Crippen molar-refractivity contribution in [1.82, 2.24) is 5.32 Å². The highest BCUT2D eigenvalue weighted by atomic mass is 19.4. The Morgan fingerprint density at radius 2 is 1.89 bits per heavy atom. The first-order valence-corrected chi connectivity index (χ1v) is 9.59. The predicted octanol–water partition coefficient (Wildman–Crippen LogP) is 3.80. The van der Waals surface area contributed by atoms with Crippen molar-refractivity contribution in [2.45, 2.75) is 51.1 Å². The summed E-state index contributed by atoms with van der Waals surface area (Å²) in [4.78, 5) is 21.7. The summed E-state index contributed by atoms with van der Waals surface area (Å²) in [5.41, 5.74) is 1.14. The number of alkyl halides is 3. The number of hydrogen-bond acceptors (Lipinski definition) is 5. The van der Waals surface area contributed by atoms with E-state index in [4.69, 9.17) is 4.74 Å². The van der Waals surface area contributed by atoms with E-state index >= 15 is 0 Å². The smallest absolute Gasteiger partial charge is 0.491 e. The van der Waals surface area contributed by atoms with Gasteiger partial charge in [0.05, 0.1) is 13.0 Å². The van der Waals surface area contributed by atoms with Gasteiger partial charge in [-0.25, -0.2) is 4.79 Å². The van der Waals surface area contributed by atoms with Gasteiger partial charge >= 0.3 is 18.1 Å². The van der Waals surface area contributed by atoms with E-state index in [9.17, 15) is 22.8 Å². The van der Waals surface area contributed by atoms with Crippen molar-refractivity contribution in [2.75, 3.05) is 19.7 Å². The maximum absolute atomic E-state index is 12.0. The van der Waals surface area contributed by atoms with Crippen molar-refractivity contribution in [3.8, 4) is 5.75 Å². The van der Waals surface area contributed by atoms with Gasteiger partial charge in [-0.15, -0.1) is 0 Å². The van der Waals surface area contributed by atoms with Gasteiger partial charge < -0.3 is 14.8 Å². The molecule has 0 aliphatic heterocycles. The predicted molar refractivity (Wildman–Crippen MR) is 96.9 cm³/mol. The average Bonchev–Trinajstić information content (AvgIpc) is 3.16. The Bertz CT molecular complexity index is 643. The largest absolute Gasteiger partial charge is 0.493 e. The van der Waals surface area contributed by atoms with Crippen molar-refractivity contribution in [3.05, 3.63) is 29.8 Å². The third kappa shape index (κ3) is 8.29. The molecule has 0 aromatic heterocycles. The van der Waals surface area contributed by atoms with E-state index in [1.165, 1.54) is 25.7 Å². The number of ether oxygens (including phenoxy) is 2. The molecular weight excluding hydrogens is 375 g/mol. The van der Waals surface area contributed by atoms with Crippen molar-refractivity contribution < 1.29 is 32.2 Å². The quantitative estimate of drug-likeness (QED) is 0.367. The molecule has 0 heterocycles. The van der Waals surface area contributed by atoms with E-state index in [-0.39, 0.29) is 13.0 Å². The molecule has 0 atom stereocenters. The summed E-state index contributed by atoms with van der Waals surface area (Å²) < 4.78 is 45.5. The van der Waals surface area contributed by atoms with Gasteiger partial charge in [0, 0.05) is 6.54 Å². The van der Waals surface area contributed by atoms with Crippen molar-refractivity contribution in [2.24, 2.45) is 5.92 Å². The van der Waals surface area contributed by atoms with Crippen LogP contribution in [0.5, 0.6) is 5.75 Å². The number of carbonyl (C=O) groups excluding carboxylic acids is 2. The number of rotatable bonds is 10. The standard InChI is InChI=1S/C20H26F3NO4/c21-20(22,23)19(26)28-18(25)10-12-24-11-4-8-15-7-3-9-17(13-15)27-14-16-5-1-2-6-16/h3,7,9,13,16,24H,1-2,4-6,8,10-12,14H2. The van der Waals surface area contributed by atoms with Crippen LogP contribution in [-0.4, -0.2) is 37.8 Å². The molecule has 1 fully saturated rings. The molecular formula is C20H26F3NO4. The first-order valence-electron chi connectivity index (χ1n) is 9.59. The van der Waals surface area contributed by atoms with Gasteiger partial charge in [0.25, 0.3) is 0 Å². The van der Waals surface area contributed by atoms with Gasteiger partial charge in [-0.2, -0.15) is 13.2 Å². The molecule has 1 saturated carbocycles. The Balaban J connectivity index is 1.57. The highest BCUT2D eigenvalue weighted by Gasteiger charge is 2.42. The van der Waals surface area contributed by atoms with Gasteiger partial charge in [0.15, 0.2) is 0 Å². The van der Waals surface area contributed by atoms with Gasteiger partial charge in [0.1, 0.15) is 5.75 Å². The molecule has 1 aromatic carbocycles. The molecule has 0 bridgehead atoms. The van der Waals surface area contributed by atoms with Crippen LogP contribution < -0.4 is 10.1 Å².